The second-order valence-corrected chi connectivity index (χ2v) is 5.43. The second-order valence-electron chi connectivity index (χ2n) is 5.43. The number of rotatable bonds is 1. The lowest BCUT2D eigenvalue weighted by Crippen LogP contribution is -2.33. The first kappa shape index (κ1) is 10.2. The largest absolute Gasteiger partial charge is 0.493 e. The highest BCUT2D eigenvalue weighted by Crippen LogP contribution is 2.41. The van der Waals surface area contributed by atoms with E-state index in [9.17, 15) is 0 Å². The average Bonchev–Trinajstić information content (AvgIpc) is 2.84. The zero-order valence-corrected chi connectivity index (χ0v) is 9.83. The van der Waals surface area contributed by atoms with Gasteiger partial charge in [-0.2, -0.15) is 0 Å². The molecule has 0 saturated heterocycles. The maximum Gasteiger partial charge on any atom is 0.122 e. The van der Waals surface area contributed by atoms with Crippen LogP contribution in [0.25, 0.3) is 0 Å². The molecule has 86 valence electrons. The number of fused-ring (bicyclic) bond motifs is 1. The van der Waals surface area contributed by atoms with Gasteiger partial charge in [-0.15, -0.1) is 0 Å². The number of hydrogen-bond acceptors (Lipinski definition) is 2. The van der Waals surface area contributed by atoms with Crippen molar-refractivity contribution in [1.82, 2.24) is 0 Å². The molecule has 16 heavy (non-hydrogen) atoms. The SMILES string of the molecule is CC1CCC(N)(c2ccc3c(c2)CCO3)C1. The lowest BCUT2D eigenvalue weighted by Gasteiger charge is -2.25. The van der Waals surface area contributed by atoms with Crippen LogP contribution in [0.1, 0.15) is 37.3 Å². The molecule has 2 atom stereocenters. The Morgan fingerprint density at radius 3 is 3.06 bits per heavy atom. The standard InChI is InChI=1S/C14H19NO/c1-10-4-6-14(15,9-10)12-2-3-13-11(8-12)5-7-16-13/h2-3,8,10H,4-7,9,15H2,1H3. The van der Waals surface area contributed by atoms with Crippen LogP contribution in [-0.2, 0) is 12.0 Å². The Bertz CT molecular complexity index is 415. The van der Waals surface area contributed by atoms with Gasteiger partial charge in [0.15, 0.2) is 0 Å². The van der Waals surface area contributed by atoms with E-state index in [2.05, 4.69) is 25.1 Å². The van der Waals surface area contributed by atoms with Gasteiger partial charge in [0, 0.05) is 12.0 Å². The van der Waals surface area contributed by atoms with E-state index >= 15 is 0 Å². The van der Waals surface area contributed by atoms with Gasteiger partial charge in [-0.1, -0.05) is 19.1 Å². The number of hydrogen-bond donors (Lipinski definition) is 1. The molecule has 2 heteroatoms. The van der Waals surface area contributed by atoms with Gasteiger partial charge < -0.3 is 10.5 Å². The highest BCUT2D eigenvalue weighted by Gasteiger charge is 2.35. The molecule has 1 aromatic carbocycles. The van der Waals surface area contributed by atoms with E-state index in [1.54, 1.807) is 0 Å². The number of nitrogens with two attached hydrogens (primary N) is 1. The molecule has 0 spiro atoms. The van der Waals surface area contributed by atoms with Crippen LogP contribution < -0.4 is 10.5 Å². The molecule has 1 aliphatic carbocycles. The summed E-state index contributed by atoms with van der Waals surface area (Å²) in [6.07, 6.45) is 4.53. The molecule has 2 nitrogen and oxygen atoms in total. The van der Waals surface area contributed by atoms with Crippen LogP contribution in [0.15, 0.2) is 18.2 Å². The lowest BCUT2D eigenvalue weighted by atomic mass is 9.87. The van der Waals surface area contributed by atoms with Gasteiger partial charge >= 0.3 is 0 Å². The quantitative estimate of drug-likeness (QED) is 0.784. The van der Waals surface area contributed by atoms with Crippen molar-refractivity contribution in [1.29, 1.82) is 0 Å². The van der Waals surface area contributed by atoms with E-state index < -0.39 is 0 Å². The van der Waals surface area contributed by atoms with Gasteiger partial charge in [0.2, 0.25) is 0 Å². The van der Waals surface area contributed by atoms with Crippen molar-refractivity contribution in [3.8, 4) is 5.75 Å². The van der Waals surface area contributed by atoms with E-state index in [4.69, 9.17) is 10.5 Å². The van der Waals surface area contributed by atoms with Gasteiger partial charge in [-0.05, 0) is 42.4 Å². The van der Waals surface area contributed by atoms with Crippen LogP contribution in [-0.4, -0.2) is 6.61 Å². The van der Waals surface area contributed by atoms with Crippen molar-refractivity contribution in [2.45, 2.75) is 38.1 Å². The third kappa shape index (κ3) is 1.52. The van der Waals surface area contributed by atoms with Crippen LogP contribution in [0, 0.1) is 5.92 Å². The summed E-state index contributed by atoms with van der Waals surface area (Å²) in [5, 5.41) is 0. The molecule has 1 aromatic rings. The van der Waals surface area contributed by atoms with E-state index in [-0.39, 0.29) is 5.54 Å². The Hall–Kier alpha value is -1.02. The molecule has 0 aromatic heterocycles. The predicted molar refractivity (Wildman–Crippen MR) is 64.5 cm³/mol. The number of ether oxygens (including phenoxy) is 1. The van der Waals surface area contributed by atoms with Gasteiger partial charge in [-0.25, -0.2) is 0 Å². The molecule has 1 aliphatic heterocycles. The molecule has 3 rings (SSSR count). The summed E-state index contributed by atoms with van der Waals surface area (Å²) in [6, 6.07) is 6.51. The zero-order chi connectivity index (χ0) is 11.2. The summed E-state index contributed by atoms with van der Waals surface area (Å²) in [6.45, 7) is 3.12. The van der Waals surface area contributed by atoms with Crippen molar-refractivity contribution >= 4 is 0 Å². The van der Waals surface area contributed by atoms with Gasteiger partial charge in [0.05, 0.1) is 6.61 Å². The molecule has 1 heterocycles. The van der Waals surface area contributed by atoms with Gasteiger partial charge in [0.1, 0.15) is 5.75 Å². The smallest absolute Gasteiger partial charge is 0.122 e. The summed E-state index contributed by atoms with van der Waals surface area (Å²) in [7, 11) is 0. The van der Waals surface area contributed by atoms with Crippen LogP contribution in [0.3, 0.4) is 0 Å². The Morgan fingerprint density at radius 2 is 2.31 bits per heavy atom. The van der Waals surface area contributed by atoms with Crippen molar-refractivity contribution in [3.05, 3.63) is 29.3 Å². The monoisotopic (exact) mass is 217 g/mol. The fourth-order valence-corrected chi connectivity index (χ4v) is 3.09. The molecule has 2 N–H and O–H groups in total. The van der Waals surface area contributed by atoms with E-state index in [1.807, 2.05) is 0 Å². The van der Waals surface area contributed by atoms with Gasteiger partial charge in [-0.3, -0.25) is 0 Å². The molecule has 1 saturated carbocycles. The summed E-state index contributed by atoms with van der Waals surface area (Å²) < 4.78 is 5.53. The first-order chi connectivity index (χ1) is 7.67. The summed E-state index contributed by atoms with van der Waals surface area (Å²) in [5.74, 6) is 1.81. The molecule has 0 amide bonds. The zero-order valence-electron chi connectivity index (χ0n) is 9.83. The van der Waals surface area contributed by atoms with Crippen LogP contribution in [0.2, 0.25) is 0 Å². The summed E-state index contributed by atoms with van der Waals surface area (Å²) in [4.78, 5) is 0. The average molecular weight is 217 g/mol. The fraction of sp³-hybridized carbons (Fsp3) is 0.571. The second kappa shape index (κ2) is 3.49. The van der Waals surface area contributed by atoms with Crippen molar-refractivity contribution in [3.63, 3.8) is 0 Å². The minimum absolute atomic E-state index is 0.0863. The Balaban J connectivity index is 1.95. The fourth-order valence-electron chi connectivity index (χ4n) is 3.09. The van der Waals surface area contributed by atoms with Crippen molar-refractivity contribution < 1.29 is 4.74 Å². The Kier molecular flexibility index (Phi) is 2.21. The number of benzene rings is 1. The van der Waals surface area contributed by atoms with Crippen molar-refractivity contribution in [2.75, 3.05) is 6.61 Å². The molecule has 0 radical (unpaired) electrons. The normalized spacial score (nSPS) is 32.5. The first-order valence-electron chi connectivity index (χ1n) is 6.22. The van der Waals surface area contributed by atoms with Crippen LogP contribution >= 0.6 is 0 Å². The van der Waals surface area contributed by atoms with E-state index in [0.717, 1.165) is 37.5 Å². The highest BCUT2D eigenvalue weighted by atomic mass is 16.5. The Labute approximate surface area is 96.8 Å². The molecular formula is C14H19NO. The third-order valence-electron chi connectivity index (χ3n) is 4.06. The maximum absolute atomic E-state index is 6.52. The topological polar surface area (TPSA) is 35.2 Å². The summed E-state index contributed by atoms with van der Waals surface area (Å²) in [5.41, 5.74) is 9.08. The highest BCUT2D eigenvalue weighted by molar-refractivity contribution is 5.42. The maximum atomic E-state index is 6.52. The van der Waals surface area contributed by atoms with Crippen LogP contribution in [0.4, 0.5) is 0 Å². The van der Waals surface area contributed by atoms with Crippen LogP contribution in [0.5, 0.6) is 5.75 Å². The molecular weight excluding hydrogens is 198 g/mol. The van der Waals surface area contributed by atoms with E-state index in [0.29, 0.717) is 0 Å². The molecule has 2 unspecified atom stereocenters. The first-order valence-corrected chi connectivity index (χ1v) is 6.22. The van der Waals surface area contributed by atoms with Gasteiger partial charge in [0.25, 0.3) is 0 Å². The Morgan fingerprint density at radius 1 is 1.44 bits per heavy atom. The van der Waals surface area contributed by atoms with Crippen molar-refractivity contribution in [2.24, 2.45) is 11.7 Å². The minimum atomic E-state index is -0.0863. The molecule has 0 bridgehead atoms. The predicted octanol–water partition coefficient (Wildman–Crippen LogP) is 2.60. The summed E-state index contributed by atoms with van der Waals surface area (Å²) >= 11 is 0. The third-order valence-corrected chi connectivity index (χ3v) is 4.06. The lowest BCUT2D eigenvalue weighted by molar-refractivity contribution is 0.356. The molecule has 1 fully saturated rings. The minimum Gasteiger partial charge on any atom is -0.493 e. The molecule has 2 aliphatic rings. The van der Waals surface area contributed by atoms with E-state index in [1.165, 1.54) is 17.5 Å².